The van der Waals surface area contributed by atoms with Crippen molar-refractivity contribution in [1.82, 2.24) is 0 Å². The fraction of sp³-hybridized carbons (Fsp3) is 0.875. The second kappa shape index (κ2) is 7.13. The van der Waals surface area contributed by atoms with Gasteiger partial charge in [0, 0.05) is 20.3 Å². The van der Waals surface area contributed by atoms with Crippen molar-refractivity contribution in [3.05, 3.63) is 0 Å². The lowest BCUT2D eigenvalue weighted by Crippen LogP contribution is -2.42. The van der Waals surface area contributed by atoms with Crippen molar-refractivity contribution in [3.8, 4) is 0 Å². The lowest BCUT2D eigenvalue weighted by molar-refractivity contribution is -0.158. The predicted molar refractivity (Wildman–Crippen MR) is 86.8 cm³/mol. The third-order valence-electron chi connectivity index (χ3n) is 4.84. The molecule has 22 heavy (non-hydrogen) atoms. The quantitative estimate of drug-likeness (QED) is 0.619. The van der Waals surface area contributed by atoms with Crippen LogP contribution in [0.4, 0.5) is 0 Å². The van der Waals surface area contributed by atoms with Gasteiger partial charge in [-0.1, -0.05) is 13.8 Å². The number of hydrogen-bond acceptors (Lipinski definition) is 5. The predicted octanol–water partition coefficient (Wildman–Crippen LogP) is 3.02. The number of esters is 2. The molecule has 1 rings (SSSR count). The number of hydrogen-bond donors (Lipinski definition) is 1. The van der Waals surface area contributed by atoms with Crippen LogP contribution in [0.2, 0.25) is 18.1 Å². The van der Waals surface area contributed by atoms with E-state index in [2.05, 4.69) is 13.8 Å². The molecule has 0 radical (unpaired) electrons. The maximum atomic E-state index is 11.2. The van der Waals surface area contributed by atoms with Gasteiger partial charge in [0.05, 0.1) is 0 Å². The first-order chi connectivity index (χ1) is 9.90. The van der Waals surface area contributed by atoms with Crippen LogP contribution in [0.3, 0.4) is 0 Å². The molecule has 0 aliphatic heterocycles. The van der Waals surface area contributed by atoms with E-state index < -0.39 is 8.32 Å². The van der Waals surface area contributed by atoms with Crippen LogP contribution in [0.25, 0.3) is 0 Å². The van der Waals surface area contributed by atoms with E-state index in [0.717, 1.165) is 19.3 Å². The van der Waals surface area contributed by atoms with Gasteiger partial charge in [0.2, 0.25) is 0 Å². The summed E-state index contributed by atoms with van der Waals surface area (Å²) in [4.78, 5) is 32.9. The van der Waals surface area contributed by atoms with E-state index in [1.54, 1.807) is 0 Å². The summed E-state index contributed by atoms with van der Waals surface area (Å²) in [5.41, 5.74) is 0. The molecule has 0 bridgehead atoms. The number of carbonyl (C=O) groups is 2. The summed E-state index contributed by atoms with van der Waals surface area (Å²) in [7, 11) is -2.29. The summed E-state index contributed by atoms with van der Waals surface area (Å²) in [6.45, 7) is 10.9. The molecular weight excluding hydrogens is 300 g/mol. The fourth-order valence-electron chi connectivity index (χ4n) is 3.13. The Kier molecular flexibility index (Phi) is 6.21. The molecular formula is C16H30O5Si. The maximum Gasteiger partial charge on any atom is 0.302 e. The molecule has 3 atom stereocenters. The van der Waals surface area contributed by atoms with E-state index in [4.69, 9.17) is 9.47 Å². The summed E-state index contributed by atoms with van der Waals surface area (Å²) in [5, 5.41) is -0.142. The van der Waals surface area contributed by atoms with Crippen molar-refractivity contribution in [3.63, 3.8) is 0 Å². The molecule has 6 heteroatoms. The van der Waals surface area contributed by atoms with Gasteiger partial charge in [0.15, 0.2) is 8.32 Å². The van der Waals surface area contributed by atoms with Crippen molar-refractivity contribution >= 4 is 20.3 Å². The van der Waals surface area contributed by atoms with Crippen LogP contribution in [0.5, 0.6) is 0 Å². The molecule has 1 aliphatic carbocycles. The molecule has 128 valence electrons. The van der Waals surface area contributed by atoms with Crippen LogP contribution in [-0.2, 0) is 19.1 Å². The summed E-state index contributed by atoms with van der Waals surface area (Å²) < 4.78 is 10.7. The molecule has 0 heterocycles. The highest BCUT2D eigenvalue weighted by atomic mass is 28.4. The summed E-state index contributed by atoms with van der Waals surface area (Å²) >= 11 is 0. The first-order valence-electron chi connectivity index (χ1n) is 7.97. The maximum absolute atomic E-state index is 11.2. The standard InChI is InChI=1S/C16H30O5Si/c1-11(17)20-14-7-13(8-15(9-14)21-12(2)18)10-16(3,4)22(5,6)19/h13-15,19H,7-10H2,1-6H3/t13-,14+,15-. The third-order valence-corrected chi connectivity index (χ3v) is 8.36. The topological polar surface area (TPSA) is 72.8 Å². The summed E-state index contributed by atoms with van der Waals surface area (Å²) in [6.07, 6.45) is 2.53. The molecule has 0 amide bonds. The van der Waals surface area contributed by atoms with E-state index in [1.807, 2.05) is 13.1 Å². The van der Waals surface area contributed by atoms with Crippen LogP contribution in [0.15, 0.2) is 0 Å². The molecule has 1 fully saturated rings. The van der Waals surface area contributed by atoms with Crippen LogP contribution >= 0.6 is 0 Å². The van der Waals surface area contributed by atoms with Crippen LogP contribution in [-0.4, -0.2) is 37.3 Å². The molecule has 0 aromatic rings. The number of carbonyl (C=O) groups excluding carboxylic acids is 2. The number of ether oxygens (including phenoxy) is 2. The van der Waals surface area contributed by atoms with Crippen LogP contribution < -0.4 is 0 Å². The Balaban J connectivity index is 2.79. The zero-order valence-corrected chi connectivity index (χ0v) is 15.6. The van der Waals surface area contributed by atoms with E-state index >= 15 is 0 Å². The van der Waals surface area contributed by atoms with Crippen molar-refractivity contribution in [2.24, 2.45) is 5.92 Å². The van der Waals surface area contributed by atoms with E-state index in [0.29, 0.717) is 6.42 Å². The molecule has 0 saturated heterocycles. The Morgan fingerprint density at radius 1 is 1.05 bits per heavy atom. The van der Waals surface area contributed by atoms with E-state index in [9.17, 15) is 14.4 Å². The lowest BCUT2D eigenvalue weighted by atomic mass is 9.80. The minimum atomic E-state index is -2.29. The highest BCUT2D eigenvalue weighted by Crippen LogP contribution is 2.45. The van der Waals surface area contributed by atoms with Gasteiger partial charge in [-0.25, -0.2) is 0 Å². The first kappa shape index (κ1) is 19.2. The Bertz CT molecular complexity index is 389. The molecule has 1 aliphatic rings. The summed E-state index contributed by atoms with van der Waals surface area (Å²) in [6, 6.07) is 0. The van der Waals surface area contributed by atoms with Gasteiger partial charge in [-0.15, -0.1) is 0 Å². The van der Waals surface area contributed by atoms with E-state index in [-0.39, 0.29) is 35.1 Å². The van der Waals surface area contributed by atoms with E-state index in [1.165, 1.54) is 13.8 Å². The molecule has 0 spiro atoms. The average molecular weight is 330 g/mol. The van der Waals surface area contributed by atoms with Crippen molar-refractivity contribution in [2.75, 3.05) is 0 Å². The van der Waals surface area contributed by atoms with Crippen molar-refractivity contribution in [2.45, 2.75) is 83.7 Å². The normalized spacial score (nSPS) is 26.4. The van der Waals surface area contributed by atoms with Crippen LogP contribution in [0.1, 0.15) is 53.4 Å². The Morgan fingerprint density at radius 3 is 1.77 bits per heavy atom. The second-order valence-corrected chi connectivity index (χ2v) is 12.2. The molecule has 0 aromatic carbocycles. The van der Waals surface area contributed by atoms with Gasteiger partial charge in [-0.05, 0) is 43.3 Å². The van der Waals surface area contributed by atoms with Gasteiger partial charge >= 0.3 is 11.9 Å². The first-order valence-corrected chi connectivity index (χ1v) is 10.9. The molecule has 0 aromatic heterocycles. The Labute approximate surface area is 134 Å². The lowest BCUT2D eigenvalue weighted by Gasteiger charge is -2.41. The molecule has 1 saturated carbocycles. The third kappa shape index (κ3) is 5.72. The smallest absolute Gasteiger partial charge is 0.302 e. The zero-order chi connectivity index (χ0) is 17.1. The average Bonchev–Trinajstić information content (AvgIpc) is 2.23. The monoisotopic (exact) mass is 330 g/mol. The van der Waals surface area contributed by atoms with Crippen molar-refractivity contribution < 1.29 is 23.9 Å². The second-order valence-electron chi connectivity index (χ2n) is 7.68. The Morgan fingerprint density at radius 2 is 1.45 bits per heavy atom. The number of rotatable bonds is 5. The highest BCUT2D eigenvalue weighted by Gasteiger charge is 2.42. The molecule has 0 unspecified atom stereocenters. The molecule has 1 N–H and O–H groups in total. The highest BCUT2D eigenvalue weighted by molar-refractivity contribution is 6.72. The van der Waals surface area contributed by atoms with Gasteiger partial charge < -0.3 is 14.3 Å². The van der Waals surface area contributed by atoms with Gasteiger partial charge in [0.25, 0.3) is 0 Å². The van der Waals surface area contributed by atoms with Gasteiger partial charge in [-0.3, -0.25) is 9.59 Å². The largest absolute Gasteiger partial charge is 0.462 e. The molecule has 5 nitrogen and oxygen atoms in total. The minimum absolute atomic E-state index is 0.142. The summed E-state index contributed by atoms with van der Waals surface area (Å²) in [5.74, 6) is -0.330. The van der Waals surface area contributed by atoms with Gasteiger partial charge in [-0.2, -0.15) is 0 Å². The zero-order valence-electron chi connectivity index (χ0n) is 14.6. The van der Waals surface area contributed by atoms with Crippen molar-refractivity contribution in [1.29, 1.82) is 0 Å². The fourth-order valence-corrected chi connectivity index (χ4v) is 3.91. The SMILES string of the molecule is CC(=O)O[C@@H]1C[C@H](CC(C)(C)[Si](C)(C)O)C[C@H](OC(C)=O)C1. The Hall–Kier alpha value is -0.883. The minimum Gasteiger partial charge on any atom is -0.462 e. The van der Waals surface area contributed by atoms with Crippen LogP contribution in [0, 0.1) is 5.92 Å². The van der Waals surface area contributed by atoms with Gasteiger partial charge in [0.1, 0.15) is 12.2 Å².